The van der Waals surface area contributed by atoms with Crippen LogP contribution < -0.4 is 0 Å². The molecule has 0 spiro atoms. The summed E-state index contributed by atoms with van der Waals surface area (Å²) >= 11 is 0. The van der Waals surface area contributed by atoms with E-state index >= 15 is 0 Å². The molecule has 0 amide bonds. The largest absolute Gasteiger partial charge is 0.392 e. The molecular formula is C13H12FNO. The van der Waals surface area contributed by atoms with E-state index in [0.717, 1.165) is 11.3 Å². The summed E-state index contributed by atoms with van der Waals surface area (Å²) in [6.45, 7) is 1.79. The number of aliphatic hydroxyl groups excluding tert-OH is 1. The molecule has 0 aliphatic carbocycles. The molecule has 1 aromatic heterocycles. The second kappa shape index (κ2) is 4.41. The molecule has 0 saturated carbocycles. The Labute approximate surface area is 93.4 Å². The summed E-state index contributed by atoms with van der Waals surface area (Å²) in [5, 5.41) is 9.01. The van der Waals surface area contributed by atoms with E-state index < -0.39 is 0 Å². The average molecular weight is 217 g/mol. The lowest BCUT2D eigenvalue weighted by Gasteiger charge is -2.05. The van der Waals surface area contributed by atoms with Gasteiger partial charge in [0.05, 0.1) is 6.61 Å². The van der Waals surface area contributed by atoms with Crippen molar-refractivity contribution < 1.29 is 9.50 Å². The Morgan fingerprint density at radius 2 is 2.06 bits per heavy atom. The number of hydrogen-bond donors (Lipinski definition) is 1. The zero-order chi connectivity index (χ0) is 11.5. The van der Waals surface area contributed by atoms with E-state index in [1.54, 1.807) is 18.3 Å². The van der Waals surface area contributed by atoms with Crippen molar-refractivity contribution in [1.82, 2.24) is 4.98 Å². The molecule has 2 aromatic rings. The van der Waals surface area contributed by atoms with Crippen LogP contribution in [0.5, 0.6) is 0 Å². The van der Waals surface area contributed by atoms with E-state index in [2.05, 4.69) is 4.98 Å². The molecule has 16 heavy (non-hydrogen) atoms. The van der Waals surface area contributed by atoms with Gasteiger partial charge in [0.1, 0.15) is 5.82 Å². The number of hydrogen-bond acceptors (Lipinski definition) is 2. The van der Waals surface area contributed by atoms with Crippen molar-refractivity contribution in [2.45, 2.75) is 13.5 Å². The third-order valence-electron chi connectivity index (χ3n) is 2.44. The minimum Gasteiger partial charge on any atom is -0.392 e. The van der Waals surface area contributed by atoms with E-state index in [1.807, 2.05) is 19.1 Å². The lowest BCUT2D eigenvalue weighted by atomic mass is 10.0. The third-order valence-corrected chi connectivity index (χ3v) is 2.44. The van der Waals surface area contributed by atoms with Gasteiger partial charge in [0.2, 0.25) is 0 Å². The molecule has 0 fully saturated rings. The standard InChI is InChI=1S/C13H12FNO/c1-9-2-4-11(7-15-9)12-6-10(8-16)3-5-13(12)14/h2-7,16H,8H2,1H3. The first-order valence-corrected chi connectivity index (χ1v) is 5.03. The van der Waals surface area contributed by atoms with Gasteiger partial charge in [0.15, 0.2) is 0 Å². The van der Waals surface area contributed by atoms with Crippen molar-refractivity contribution in [3.05, 3.63) is 53.6 Å². The SMILES string of the molecule is Cc1ccc(-c2cc(CO)ccc2F)cn1. The van der Waals surface area contributed by atoms with Crippen LogP contribution in [-0.4, -0.2) is 10.1 Å². The predicted molar refractivity (Wildman–Crippen MR) is 60.3 cm³/mol. The van der Waals surface area contributed by atoms with Crippen molar-refractivity contribution in [2.75, 3.05) is 0 Å². The summed E-state index contributed by atoms with van der Waals surface area (Å²) in [6, 6.07) is 8.23. The Bertz CT molecular complexity index is 494. The predicted octanol–water partition coefficient (Wildman–Crippen LogP) is 2.69. The molecule has 0 atom stereocenters. The van der Waals surface area contributed by atoms with Crippen LogP contribution in [0.2, 0.25) is 0 Å². The fraction of sp³-hybridized carbons (Fsp3) is 0.154. The number of aliphatic hydroxyl groups is 1. The van der Waals surface area contributed by atoms with Crippen molar-refractivity contribution in [3.63, 3.8) is 0 Å². The van der Waals surface area contributed by atoms with Gasteiger partial charge in [-0.15, -0.1) is 0 Å². The van der Waals surface area contributed by atoms with Crippen LogP contribution in [0.3, 0.4) is 0 Å². The molecule has 2 rings (SSSR count). The topological polar surface area (TPSA) is 33.1 Å². The number of halogens is 1. The van der Waals surface area contributed by atoms with E-state index in [1.165, 1.54) is 6.07 Å². The number of nitrogens with zero attached hydrogens (tertiary/aromatic N) is 1. The van der Waals surface area contributed by atoms with E-state index in [4.69, 9.17) is 5.11 Å². The fourth-order valence-electron chi connectivity index (χ4n) is 1.52. The van der Waals surface area contributed by atoms with Crippen molar-refractivity contribution in [3.8, 4) is 11.1 Å². The lowest BCUT2D eigenvalue weighted by molar-refractivity contribution is 0.282. The minimum absolute atomic E-state index is 0.0907. The zero-order valence-corrected chi connectivity index (χ0v) is 8.94. The second-order valence-electron chi connectivity index (χ2n) is 3.66. The number of rotatable bonds is 2. The van der Waals surface area contributed by atoms with Gasteiger partial charge in [-0.25, -0.2) is 4.39 Å². The highest BCUT2D eigenvalue weighted by Crippen LogP contribution is 2.23. The van der Waals surface area contributed by atoms with Crippen LogP contribution in [0.4, 0.5) is 4.39 Å². The number of benzene rings is 1. The average Bonchev–Trinajstić information content (AvgIpc) is 2.31. The molecule has 0 aliphatic rings. The molecule has 0 saturated heterocycles. The second-order valence-corrected chi connectivity index (χ2v) is 3.66. The monoisotopic (exact) mass is 217 g/mol. The maximum atomic E-state index is 13.6. The fourth-order valence-corrected chi connectivity index (χ4v) is 1.52. The van der Waals surface area contributed by atoms with E-state index in [9.17, 15) is 4.39 Å². The molecule has 1 heterocycles. The third kappa shape index (κ3) is 2.09. The first-order chi connectivity index (χ1) is 7.70. The van der Waals surface area contributed by atoms with Crippen LogP contribution in [0.15, 0.2) is 36.5 Å². The molecule has 82 valence electrons. The van der Waals surface area contributed by atoms with Gasteiger partial charge in [0, 0.05) is 23.0 Å². The Morgan fingerprint density at radius 3 is 2.69 bits per heavy atom. The first kappa shape index (κ1) is 10.8. The van der Waals surface area contributed by atoms with Crippen LogP contribution >= 0.6 is 0 Å². The molecule has 0 unspecified atom stereocenters. The van der Waals surface area contributed by atoms with Crippen molar-refractivity contribution in [1.29, 1.82) is 0 Å². The van der Waals surface area contributed by atoms with Gasteiger partial charge in [-0.05, 0) is 30.7 Å². The van der Waals surface area contributed by atoms with Gasteiger partial charge in [-0.3, -0.25) is 4.98 Å². The molecule has 1 aromatic carbocycles. The molecule has 3 heteroatoms. The molecule has 1 N–H and O–H groups in total. The highest BCUT2D eigenvalue weighted by molar-refractivity contribution is 5.64. The Morgan fingerprint density at radius 1 is 1.25 bits per heavy atom. The summed E-state index contributed by atoms with van der Waals surface area (Å²) in [7, 11) is 0. The summed E-state index contributed by atoms with van der Waals surface area (Å²) in [5.74, 6) is -0.303. The van der Waals surface area contributed by atoms with Gasteiger partial charge in [-0.2, -0.15) is 0 Å². The number of pyridine rings is 1. The highest BCUT2D eigenvalue weighted by Gasteiger charge is 2.06. The van der Waals surface area contributed by atoms with Crippen molar-refractivity contribution >= 4 is 0 Å². The summed E-state index contributed by atoms with van der Waals surface area (Å²) in [6.07, 6.45) is 1.63. The molecule has 0 bridgehead atoms. The van der Waals surface area contributed by atoms with Crippen LogP contribution in [0.25, 0.3) is 11.1 Å². The van der Waals surface area contributed by atoms with Gasteiger partial charge in [-0.1, -0.05) is 12.1 Å². The van der Waals surface area contributed by atoms with Gasteiger partial charge in [0.25, 0.3) is 0 Å². The zero-order valence-electron chi connectivity index (χ0n) is 8.94. The molecular weight excluding hydrogens is 205 g/mol. The maximum Gasteiger partial charge on any atom is 0.131 e. The van der Waals surface area contributed by atoms with Crippen LogP contribution in [0, 0.1) is 12.7 Å². The van der Waals surface area contributed by atoms with E-state index in [-0.39, 0.29) is 12.4 Å². The number of aromatic nitrogens is 1. The summed E-state index contributed by atoms with van der Waals surface area (Å²) in [4.78, 5) is 4.12. The molecule has 0 radical (unpaired) electrons. The molecule has 2 nitrogen and oxygen atoms in total. The normalized spacial score (nSPS) is 10.4. The van der Waals surface area contributed by atoms with Crippen LogP contribution in [0.1, 0.15) is 11.3 Å². The molecule has 0 aliphatic heterocycles. The summed E-state index contributed by atoms with van der Waals surface area (Å²) < 4.78 is 13.6. The Kier molecular flexibility index (Phi) is 2.97. The van der Waals surface area contributed by atoms with Gasteiger partial charge >= 0.3 is 0 Å². The summed E-state index contributed by atoms with van der Waals surface area (Å²) in [5.41, 5.74) is 2.77. The maximum absolute atomic E-state index is 13.6. The lowest BCUT2D eigenvalue weighted by Crippen LogP contribution is -1.90. The Hall–Kier alpha value is -1.74. The van der Waals surface area contributed by atoms with Crippen molar-refractivity contribution in [2.24, 2.45) is 0 Å². The quantitative estimate of drug-likeness (QED) is 0.839. The minimum atomic E-state index is -0.303. The number of aryl methyl sites for hydroxylation is 1. The highest BCUT2D eigenvalue weighted by atomic mass is 19.1. The smallest absolute Gasteiger partial charge is 0.131 e. The van der Waals surface area contributed by atoms with Gasteiger partial charge < -0.3 is 5.11 Å². The van der Waals surface area contributed by atoms with Crippen LogP contribution in [-0.2, 0) is 6.61 Å². The Balaban J connectivity index is 2.50. The van der Waals surface area contributed by atoms with E-state index in [0.29, 0.717) is 11.1 Å². The first-order valence-electron chi connectivity index (χ1n) is 5.03.